The molecule has 1 unspecified atom stereocenters. The van der Waals surface area contributed by atoms with Crippen molar-refractivity contribution in [2.24, 2.45) is 0 Å². The summed E-state index contributed by atoms with van der Waals surface area (Å²) in [7, 11) is -0.754. The topological polar surface area (TPSA) is 61.8 Å². The first kappa shape index (κ1) is 13.9. The Morgan fingerprint density at radius 3 is 2.29 bits per heavy atom. The molecule has 0 fully saturated rings. The Hall–Kier alpha value is -1.16. The van der Waals surface area contributed by atoms with Gasteiger partial charge in [0.15, 0.2) is 6.10 Å². The summed E-state index contributed by atoms with van der Waals surface area (Å²) in [5, 5.41) is 0. The largest absolute Gasteiger partial charge is 0.467 e. The summed E-state index contributed by atoms with van der Waals surface area (Å²) < 4.78 is 26.2. The predicted octanol–water partition coefficient (Wildman–Crippen LogP) is 2.39. The first-order valence-corrected chi connectivity index (χ1v) is 6.93. The maximum Gasteiger partial charge on any atom is 0.340 e. The van der Waals surface area contributed by atoms with E-state index < -0.39 is 19.7 Å². The Balaban J connectivity index is 2.98. The predicted molar refractivity (Wildman–Crippen MR) is 62.8 cm³/mol. The lowest BCUT2D eigenvalue weighted by Crippen LogP contribution is -2.16. The van der Waals surface area contributed by atoms with Crippen molar-refractivity contribution >= 4 is 13.6 Å². The average molecular weight is 258 g/mol. The van der Waals surface area contributed by atoms with Crippen molar-refractivity contribution < 1.29 is 23.1 Å². The van der Waals surface area contributed by atoms with Crippen molar-refractivity contribution in [3.05, 3.63) is 35.9 Å². The zero-order chi connectivity index (χ0) is 12.9. The summed E-state index contributed by atoms with van der Waals surface area (Å²) in [6.07, 6.45) is -1.04. The Kier molecular flexibility index (Phi) is 4.87. The van der Waals surface area contributed by atoms with E-state index in [4.69, 9.17) is 9.05 Å². The van der Waals surface area contributed by atoms with Crippen molar-refractivity contribution in [1.82, 2.24) is 0 Å². The monoisotopic (exact) mass is 258 g/mol. The SMILES string of the molecule is COC(=O)[C@H](OP(C)(=O)OC)c1ccccc1. The molecule has 1 aromatic carbocycles. The standard InChI is InChI=1S/C11H15O5P/c1-14-11(12)10(16-17(3,13)15-2)9-7-5-4-6-8-9/h4-8,10H,1-3H3/t10-,17?/m1/s1. The molecular formula is C11H15O5P. The van der Waals surface area contributed by atoms with Gasteiger partial charge in [0.05, 0.1) is 7.11 Å². The first-order valence-electron chi connectivity index (χ1n) is 4.94. The lowest BCUT2D eigenvalue weighted by molar-refractivity contribution is -0.149. The molecule has 0 spiro atoms. The van der Waals surface area contributed by atoms with Gasteiger partial charge in [-0.2, -0.15) is 0 Å². The molecule has 94 valence electrons. The second-order valence-electron chi connectivity index (χ2n) is 3.37. The number of carbonyl (C=O) groups excluding carboxylic acids is 1. The fourth-order valence-corrected chi connectivity index (χ4v) is 1.89. The van der Waals surface area contributed by atoms with Gasteiger partial charge in [-0.15, -0.1) is 0 Å². The number of hydrogen-bond acceptors (Lipinski definition) is 5. The molecule has 0 saturated carbocycles. The van der Waals surface area contributed by atoms with E-state index in [0.717, 1.165) is 0 Å². The van der Waals surface area contributed by atoms with Gasteiger partial charge >= 0.3 is 13.6 Å². The highest BCUT2D eigenvalue weighted by Crippen LogP contribution is 2.47. The van der Waals surface area contributed by atoms with Crippen molar-refractivity contribution in [3.63, 3.8) is 0 Å². The van der Waals surface area contributed by atoms with Gasteiger partial charge in [0.2, 0.25) is 0 Å². The number of carbonyl (C=O) groups is 1. The maximum absolute atomic E-state index is 11.7. The number of ether oxygens (including phenoxy) is 1. The minimum atomic E-state index is -3.26. The molecule has 0 aliphatic carbocycles. The van der Waals surface area contributed by atoms with Crippen LogP contribution in [0.5, 0.6) is 0 Å². The van der Waals surface area contributed by atoms with Crippen LogP contribution in [-0.2, 0) is 23.1 Å². The maximum atomic E-state index is 11.7. The Morgan fingerprint density at radius 2 is 1.82 bits per heavy atom. The minimum absolute atomic E-state index is 0.568. The van der Waals surface area contributed by atoms with E-state index in [0.29, 0.717) is 5.56 Å². The van der Waals surface area contributed by atoms with Gasteiger partial charge in [0, 0.05) is 13.8 Å². The lowest BCUT2D eigenvalue weighted by Gasteiger charge is -2.19. The van der Waals surface area contributed by atoms with Crippen LogP contribution in [0.3, 0.4) is 0 Å². The number of esters is 1. The van der Waals surface area contributed by atoms with E-state index in [9.17, 15) is 9.36 Å². The van der Waals surface area contributed by atoms with E-state index in [1.165, 1.54) is 20.9 Å². The molecule has 1 aromatic rings. The van der Waals surface area contributed by atoms with Gasteiger partial charge in [-0.1, -0.05) is 30.3 Å². The average Bonchev–Trinajstić information content (AvgIpc) is 2.36. The third-order valence-corrected chi connectivity index (χ3v) is 3.40. The van der Waals surface area contributed by atoms with Gasteiger partial charge < -0.3 is 9.26 Å². The highest BCUT2D eigenvalue weighted by molar-refractivity contribution is 7.53. The van der Waals surface area contributed by atoms with Crippen LogP contribution in [0.2, 0.25) is 0 Å². The molecule has 0 aliphatic heterocycles. The second kappa shape index (κ2) is 5.96. The van der Waals surface area contributed by atoms with Gasteiger partial charge in [0.1, 0.15) is 0 Å². The number of rotatable bonds is 5. The van der Waals surface area contributed by atoms with Crippen LogP contribution < -0.4 is 0 Å². The van der Waals surface area contributed by atoms with Gasteiger partial charge in [-0.3, -0.25) is 9.09 Å². The third kappa shape index (κ3) is 3.97. The van der Waals surface area contributed by atoms with Gasteiger partial charge in [-0.05, 0) is 5.56 Å². The highest BCUT2D eigenvalue weighted by atomic mass is 31.2. The molecule has 5 nitrogen and oxygen atoms in total. The van der Waals surface area contributed by atoms with E-state index in [1.54, 1.807) is 30.3 Å². The first-order chi connectivity index (χ1) is 8.00. The molecule has 0 radical (unpaired) electrons. The van der Waals surface area contributed by atoms with Crippen LogP contribution in [0.25, 0.3) is 0 Å². The van der Waals surface area contributed by atoms with Crippen molar-refractivity contribution in [2.75, 3.05) is 20.9 Å². The van der Waals surface area contributed by atoms with Crippen LogP contribution in [0.4, 0.5) is 0 Å². The Bertz CT molecular complexity index is 417. The Labute approximate surface area is 100 Å². The fraction of sp³-hybridized carbons (Fsp3) is 0.364. The Morgan fingerprint density at radius 1 is 1.24 bits per heavy atom. The second-order valence-corrected chi connectivity index (χ2v) is 5.49. The molecule has 0 saturated heterocycles. The van der Waals surface area contributed by atoms with Crippen LogP contribution in [0.1, 0.15) is 11.7 Å². The summed E-state index contributed by atoms with van der Waals surface area (Å²) in [6, 6.07) is 8.69. The molecule has 0 aliphatic rings. The zero-order valence-corrected chi connectivity index (χ0v) is 10.8. The quantitative estimate of drug-likeness (QED) is 0.599. The van der Waals surface area contributed by atoms with E-state index in [2.05, 4.69) is 4.74 Å². The normalized spacial score (nSPS) is 15.9. The lowest BCUT2D eigenvalue weighted by atomic mass is 10.1. The third-order valence-electron chi connectivity index (χ3n) is 2.15. The molecule has 17 heavy (non-hydrogen) atoms. The van der Waals surface area contributed by atoms with Crippen molar-refractivity contribution in [3.8, 4) is 0 Å². The van der Waals surface area contributed by atoms with Crippen molar-refractivity contribution in [1.29, 1.82) is 0 Å². The summed E-state index contributed by atoms with van der Waals surface area (Å²) in [6.45, 7) is 1.30. The molecule has 0 heterocycles. The number of hydrogen-bond donors (Lipinski definition) is 0. The van der Waals surface area contributed by atoms with Gasteiger partial charge in [0.25, 0.3) is 0 Å². The molecule has 6 heteroatoms. The van der Waals surface area contributed by atoms with E-state index in [1.807, 2.05) is 0 Å². The number of benzene rings is 1. The zero-order valence-electron chi connectivity index (χ0n) is 9.95. The van der Waals surface area contributed by atoms with Crippen LogP contribution in [0.15, 0.2) is 30.3 Å². The van der Waals surface area contributed by atoms with Crippen LogP contribution in [0, 0.1) is 0 Å². The summed E-state index contributed by atoms with van der Waals surface area (Å²) >= 11 is 0. The fourth-order valence-electron chi connectivity index (χ4n) is 1.21. The molecule has 2 atom stereocenters. The van der Waals surface area contributed by atoms with E-state index in [-0.39, 0.29) is 0 Å². The summed E-state index contributed by atoms with van der Waals surface area (Å²) in [5.74, 6) is -0.615. The number of methoxy groups -OCH3 is 1. The molecule has 0 amide bonds. The minimum Gasteiger partial charge on any atom is -0.467 e. The van der Waals surface area contributed by atoms with Gasteiger partial charge in [-0.25, -0.2) is 4.79 Å². The molecular weight excluding hydrogens is 243 g/mol. The van der Waals surface area contributed by atoms with Crippen LogP contribution >= 0.6 is 7.60 Å². The van der Waals surface area contributed by atoms with Crippen LogP contribution in [-0.4, -0.2) is 26.9 Å². The molecule has 1 rings (SSSR count). The summed E-state index contributed by atoms with van der Waals surface area (Å²) in [5.41, 5.74) is 0.568. The summed E-state index contributed by atoms with van der Waals surface area (Å²) in [4.78, 5) is 11.6. The van der Waals surface area contributed by atoms with Crippen molar-refractivity contribution in [2.45, 2.75) is 6.10 Å². The smallest absolute Gasteiger partial charge is 0.340 e. The molecule has 0 N–H and O–H groups in total. The van der Waals surface area contributed by atoms with E-state index >= 15 is 0 Å². The highest BCUT2D eigenvalue weighted by Gasteiger charge is 2.29. The molecule has 0 aromatic heterocycles. The molecule has 0 bridgehead atoms.